The number of aliphatic imine (C=N–C) groups is 1. The average molecular weight is 329 g/mol. The molecule has 4 nitrogen and oxygen atoms in total. The van der Waals surface area contributed by atoms with Gasteiger partial charge in [0.25, 0.3) is 0 Å². The molecule has 2 heterocycles. The highest BCUT2D eigenvalue weighted by atomic mass is 16.5. The number of benzene rings is 2. The zero-order valence-corrected chi connectivity index (χ0v) is 14.1. The molecule has 0 fully saturated rings. The molecule has 0 unspecified atom stereocenters. The van der Waals surface area contributed by atoms with Crippen LogP contribution in [-0.2, 0) is 0 Å². The second-order valence-corrected chi connectivity index (χ2v) is 5.87. The third-order valence-corrected chi connectivity index (χ3v) is 4.24. The molecule has 0 atom stereocenters. The zero-order valence-electron chi connectivity index (χ0n) is 14.1. The van der Waals surface area contributed by atoms with Gasteiger partial charge in [0.1, 0.15) is 11.6 Å². The van der Waals surface area contributed by atoms with Crippen LogP contribution in [0.4, 0.5) is 0 Å². The van der Waals surface area contributed by atoms with Gasteiger partial charge in [-0.25, -0.2) is 4.98 Å². The lowest BCUT2D eigenvalue weighted by Gasteiger charge is -2.11. The maximum atomic E-state index is 5.39. The molecule has 1 aliphatic rings. The van der Waals surface area contributed by atoms with Crippen molar-refractivity contribution in [3.8, 4) is 5.75 Å². The lowest BCUT2D eigenvalue weighted by molar-refractivity contribution is 0.414. The van der Waals surface area contributed by atoms with Gasteiger partial charge in [0.2, 0.25) is 0 Å². The fraction of sp³-hybridized carbons (Fsp3) is 0.143. The maximum absolute atomic E-state index is 5.39. The van der Waals surface area contributed by atoms with Gasteiger partial charge < -0.3 is 10.1 Å². The molecule has 4 rings (SSSR count). The number of ether oxygens (including phenoxy) is 1. The molecule has 0 saturated carbocycles. The Morgan fingerprint density at radius 2 is 2.00 bits per heavy atom. The van der Waals surface area contributed by atoms with Crippen LogP contribution in [0.2, 0.25) is 0 Å². The second-order valence-electron chi connectivity index (χ2n) is 5.87. The quantitative estimate of drug-likeness (QED) is 0.794. The normalized spacial score (nSPS) is 14.3. The molecule has 0 bridgehead atoms. The SMILES string of the molecule is COc1cccc(C(=CC2=NCCN2)c2ccc3ccccc3n2)c1. The second kappa shape index (κ2) is 6.77. The van der Waals surface area contributed by atoms with Gasteiger partial charge in [-0.1, -0.05) is 36.4 Å². The number of pyridine rings is 1. The van der Waals surface area contributed by atoms with Gasteiger partial charge in [-0.2, -0.15) is 0 Å². The van der Waals surface area contributed by atoms with Gasteiger partial charge in [-0.15, -0.1) is 0 Å². The van der Waals surface area contributed by atoms with Crippen molar-refractivity contribution in [1.29, 1.82) is 0 Å². The Hall–Kier alpha value is -3.14. The fourth-order valence-electron chi connectivity index (χ4n) is 2.96. The Kier molecular flexibility index (Phi) is 4.17. The van der Waals surface area contributed by atoms with E-state index in [1.165, 1.54) is 0 Å². The Morgan fingerprint density at radius 3 is 2.84 bits per heavy atom. The minimum Gasteiger partial charge on any atom is -0.497 e. The summed E-state index contributed by atoms with van der Waals surface area (Å²) >= 11 is 0. The first-order chi connectivity index (χ1) is 12.3. The molecule has 3 aromatic rings. The van der Waals surface area contributed by atoms with Gasteiger partial charge in [0.15, 0.2) is 0 Å². The highest BCUT2D eigenvalue weighted by Crippen LogP contribution is 2.27. The predicted molar refractivity (Wildman–Crippen MR) is 102 cm³/mol. The zero-order chi connectivity index (χ0) is 17.1. The number of amidine groups is 1. The number of nitrogens with one attached hydrogen (secondary N) is 1. The maximum Gasteiger partial charge on any atom is 0.121 e. The summed E-state index contributed by atoms with van der Waals surface area (Å²) in [4.78, 5) is 9.36. The van der Waals surface area contributed by atoms with Crippen LogP contribution in [0.3, 0.4) is 0 Å². The number of nitrogens with zero attached hydrogens (tertiary/aromatic N) is 2. The number of hydrogen-bond acceptors (Lipinski definition) is 4. The van der Waals surface area contributed by atoms with Crippen LogP contribution in [0.5, 0.6) is 5.75 Å². The Bertz CT molecular complexity index is 976. The van der Waals surface area contributed by atoms with Crippen LogP contribution in [0.1, 0.15) is 11.3 Å². The Morgan fingerprint density at radius 1 is 1.08 bits per heavy atom. The molecule has 2 aromatic carbocycles. The molecule has 0 amide bonds. The number of methoxy groups -OCH3 is 1. The van der Waals surface area contributed by atoms with Crippen molar-refractivity contribution in [1.82, 2.24) is 10.3 Å². The van der Waals surface area contributed by atoms with Crippen LogP contribution >= 0.6 is 0 Å². The molecule has 25 heavy (non-hydrogen) atoms. The Balaban J connectivity index is 1.86. The number of rotatable bonds is 4. The standard InChI is InChI=1S/C21H19N3O/c1-25-17-7-4-6-16(13-17)18(14-21-22-11-12-23-21)20-10-9-15-5-2-3-8-19(15)24-20/h2-10,13-14H,11-12H2,1H3,(H,22,23). The first-order valence-electron chi connectivity index (χ1n) is 8.34. The van der Waals surface area contributed by atoms with Crippen LogP contribution < -0.4 is 10.1 Å². The third kappa shape index (κ3) is 3.24. The molecule has 0 saturated heterocycles. The van der Waals surface area contributed by atoms with Crippen molar-refractivity contribution in [2.45, 2.75) is 0 Å². The lowest BCUT2D eigenvalue weighted by atomic mass is 10.0. The topological polar surface area (TPSA) is 46.5 Å². The van der Waals surface area contributed by atoms with Crippen LogP contribution in [-0.4, -0.2) is 31.0 Å². The summed E-state index contributed by atoms with van der Waals surface area (Å²) in [6, 6.07) is 20.3. The highest BCUT2D eigenvalue weighted by molar-refractivity contribution is 6.03. The summed E-state index contributed by atoms with van der Waals surface area (Å²) in [6.45, 7) is 1.69. The first kappa shape index (κ1) is 15.4. The summed E-state index contributed by atoms with van der Waals surface area (Å²) in [7, 11) is 1.68. The van der Waals surface area contributed by atoms with E-state index in [1.807, 2.05) is 36.4 Å². The van der Waals surface area contributed by atoms with Gasteiger partial charge >= 0.3 is 0 Å². The number of aromatic nitrogens is 1. The van der Waals surface area contributed by atoms with E-state index in [2.05, 4.69) is 40.7 Å². The summed E-state index contributed by atoms with van der Waals surface area (Å²) in [6.07, 6.45) is 2.07. The predicted octanol–water partition coefficient (Wildman–Crippen LogP) is 3.68. The summed E-state index contributed by atoms with van der Waals surface area (Å²) in [5.74, 6) is 1.72. The fourth-order valence-corrected chi connectivity index (χ4v) is 2.96. The van der Waals surface area contributed by atoms with Crippen LogP contribution in [0.15, 0.2) is 71.7 Å². The first-order valence-corrected chi connectivity index (χ1v) is 8.34. The van der Waals surface area contributed by atoms with E-state index in [0.717, 1.165) is 52.4 Å². The minimum atomic E-state index is 0.808. The van der Waals surface area contributed by atoms with E-state index < -0.39 is 0 Å². The van der Waals surface area contributed by atoms with Gasteiger partial charge in [-0.3, -0.25) is 4.99 Å². The van der Waals surface area contributed by atoms with Crippen LogP contribution in [0.25, 0.3) is 16.5 Å². The van der Waals surface area contributed by atoms with Gasteiger partial charge in [0.05, 0.1) is 24.9 Å². The van der Waals surface area contributed by atoms with Gasteiger partial charge in [-0.05, 0) is 35.9 Å². The molecule has 1 aromatic heterocycles. The lowest BCUT2D eigenvalue weighted by Crippen LogP contribution is -2.16. The van der Waals surface area contributed by atoms with E-state index in [9.17, 15) is 0 Å². The van der Waals surface area contributed by atoms with Crippen molar-refractivity contribution in [3.05, 3.63) is 78.0 Å². The van der Waals surface area contributed by atoms with Crippen molar-refractivity contribution in [2.75, 3.05) is 20.2 Å². The van der Waals surface area contributed by atoms with E-state index in [0.29, 0.717) is 0 Å². The van der Waals surface area contributed by atoms with Crippen molar-refractivity contribution in [3.63, 3.8) is 0 Å². The highest BCUT2D eigenvalue weighted by Gasteiger charge is 2.12. The van der Waals surface area contributed by atoms with Gasteiger partial charge in [0, 0.05) is 17.5 Å². The van der Waals surface area contributed by atoms with E-state index in [1.54, 1.807) is 7.11 Å². The minimum absolute atomic E-state index is 0.808. The number of fused-ring (bicyclic) bond motifs is 1. The van der Waals surface area contributed by atoms with Crippen molar-refractivity contribution >= 4 is 22.3 Å². The van der Waals surface area contributed by atoms with E-state index in [-0.39, 0.29) is 0 Å². The van der Waals surface area contributed by atoms with Crippen molar-refractivity contribution < 1.29 is 4.74 Å². The number of para-hydroxylation sites is 1. The summed E-state index contributed by atoms with van der Waals surface area (Å²) in [5, 5.41) is 4.44. The molecular weight excluding hydrogens is 310 g/mol. The van der Waals surface area contributed by atoms with E-state index in [4.69, 9.17) is 9.72 Å². The molecular formula is C21H19N3O. The smallest absolute Gasteiger partial charge is 0.121 e. The van der Waals surface area contributed by atoms with Crippen LogP contribution in [0, 0.1) is 0 Å². The average Bonchev–Trinajstić information content (AvgIpc) is 3.19. The molecule has 0 spiro atoms. The molecule has 0 radical (unpaired) electrons. The molecule has 0 aliphatic carbocycles. The monoisotopic (exact) mass is 329 g/mol. The summed E-state index contributed by atoms with van der Waals surface area (Å²) < 4.78 is 5.39. The Labute approximate surface area is 146 Å². The molecule has 124 valence electrons. The molecule has 4 heteroatoms. The summed E-state index contributed by atoms with van der Waals surface area (Å²) in [5.41, 5.74) is 3.98. The number of hydrogen-bond donors (Lipinski definition) is 1. The van der Waals surface area contributed by atoms with E-state index >= 15 is 0 Å². The molecule has 1 N–H and O–H groups in total. The third-order valence-electron chi connectivity index (χ3n) is 4.24. The largest absolute Gasteiger partial charge is 0.497 e. The van der Waals surface area contributed by atoms with Crippen molar-refractivity contribution in [2.24, 2.45) is 4.99 Å². The molecule has 1 aliphatic heterocycles.